The highest BCUT2D eigenvalue weighted by molar-refractivity contribution is 6.31. The van der Waals surface area contributed by atoms with E-state index >= 15 is 0 Å². The van der Waals surface area contributed by atoms with Crippen LogP contribution >= 0.6 is 11.6 Å². The average molecular weight is 467 g/mol. The highest BCUT2D eigenvalue weighted by Crippen LogP contribution is 2.40. The predicted octanol–water partition coefficient (Wildman–Crippen LogP) is 6.51. The van der Waals surface area contributed by atoms with Crippen LogP contribution in [0.1, 0.15) is 48.9 Å². The van der Waals surface area contributed by atoms with Gasteiger partial charge in [0.25, 0.3) is 0 Å². The Morgan fingerprint density at radius 1 is 1.15 bits per heavy atom. The fourth-order valence-electron chi connectivity index (χ4n) is 5.02. The van der Waals surface area contributed by atoms with Crippen LogP contribution < -0.4 is 0 Å². The lowest BCUT2D eigenvalue weighted by atomic mass is 9.70. The number of hydrogen-bond donors (Lipinski definition) is 0. The molecule has 1 aliphatic rings. The van der Waals surface area contributed by atoms with Crippen LogP contribution in [0.4, 0.5) is 4.39 Å². The molecule has 0 aromatic heterocycles. The summed E-state index contributed by atoms with van der Waals surface area (Å²) >= 11 is 6.41. The summed E-state index contributed by atoms with van der Waals surface area (Å²) in [6, 6.07) is 17.4. The zero-order chi connectivity index (χ0) is 23.8. The lowest BCUT2D eigenvalue weighted by Gasteiger charge is -2.42. The number of carbonyl (C=O) groups excluding carboxylic acids is 1. The van der Waals surface area contributed by atoms with Gasteiger partial charge in [-0.05, 0) is 92.5 Å². The van der Waals surface area contributed by atoms with Crippen molar-refractivity contribution in [1.82, 2.24) is 9.80 Å². The molecule has 0 saturated carbocycles. The second-order valence-electron chi connectivity index (χ2n) is 9.62. The maximum atomic E-state index is 14.5. The van der Waals surface area contributed by atoms with Crippen LogP contribution in [0.15, 0.2) is 54.6 Å². The van der Waals surface area contributed by atoms with Gasteiger partial charge in [0, 0.05) is 23.9 Å². The molecule has 1 saturated heterocycles. The summed E-state index contributed by atoms with van der Waals surface area (Å²) in [6.45, 7) is 5.60. The Morgan fingerprint density at radius 3 is 2.55 bits per heavy atom. The molecule has 0 N–H and O–H groups in total. The molecule has 5 heteroatoms. The third-order valence-electron chi connectivity index (χ3n) is 7.50. The molecule has 3 aromatic rings. The Kier molecular flexibility index (Phi) is 6.78. The van der Waals surface area contributed by atoms with Crippen LogP contribution in [-0.4, -0.2) is 42.9 Å². The molecule has 1 atom stereocenters. The molecule has 1 heterocycles. The molecule has 1 fully saturated rings. The molecular formula is C28H32ClFN2O. The number of aryl methyl sites for hydroxylation is 1. The van der Waals surface area contributed by atoms with Gasteiger partial charge >= 0.3 is 0 Å². The van der Waals surface area contributed by atoms with Crippen molar-refractivity contribution in [2.75, 3.05) is 27.2 Å². The summed E-state index contributed by atoms with van der Waals surface area (Å²) in [5.74, 6) is -0.137. The van der Waals surface area contributed by atoms with E-state index < -0.39 is 0 Å². The van der Waals surface area contributed by atoms with E-state index in [2.05, 4.69) is 18.0 Å². The van der Waals surface area contributed by atoms with Gasteiger partial charge in [-0.25, -0.2) is 4.39 Å². The van der Waals surface area contributed by atoms with Crippen molar-refractivity contribution in [3.63, 3.8) is 0 Å². The second kappa shape index (κ2) is 9.44. The number of hydrogen-bond acceptors (Lipinski definition) is 2. The molecule has 4 rings (SSSR count). The van der Waals surface area contributed by atoms with Crippen LogP contribution in [0.2, 0.25) is 5.02 Å². The van der Waals surface area contributed by atoms with Gasteiger partial charge in [0.2, 0.25) is 5.91 Å². The van der Waals surface area contributed by atoms with E-state index in [1.54, 1.807) is 13.0 Å². The molecule has 0 radical (unpaired) electrons. The lowest BCUT2D eigenvalue weighted by Crippen LogP contribution is -2.44. The average Bonchev–Trinajstić information content (AvgIpc) is 2.80. The van der Waals surface area contributed by atoms with E-state index in [1.165, 1.54) is 0 Å². The smallest absolute Gasteiger partial charge is 0.223 e. The number of fused-ring (bicyclic) bond motifs is 1. The Labute approximate surface area is 201 Å². The number of halogens is 2. The van der Waals surface area contributed by atoms with Gasteiger partial charge in [-0.2, -0.15) is 0 Å². The zero-order valence-electron chi connectivity index (χ0n) is 19.9. The molecule has 1 unspecified atom stereocenters. The van der Waals surface area contributed by atoms with Gasteiger partial charge < -0.3 is 9.80 Å². The molecule has 0 bridgehead atoms. The van der Waals surface area contributed by atoms with Gasteiger partial charge in [0.15, 0.2) is 0 Å². The van der Waals surface area contributed by atoms with Crippen molar-refractivity contribution < 1.29 is 9.18 Å². The monoisotopic (exact) mass is 466 g/mol. The van der Waals surface area contributed by atoms with Crippen molar-refractivity contribution >= 4 is 28.3 Å². The minimum absolute atomic E-state index is 0.0668. The number of likely N-dealkylation sites (tertiary alicyclic amines) is 1. The van der Waals surface area contributed by atoms with Crippen molar-refractivity contribution in [3.8, 4) is 0 Å². The maximum Gasteiger partial charge on any atom is 0.223 e. The third-order valence-corrected chi connectivity index (χ3v) is 7.72. The molecule has 174 valence electrons. The molecular weight excluding hydrogens is 435 g/mol. The molecule has 0 aliphatic carbocycles. The van der Waals surface area contributed by atoms with Gasteiger partial charge in [-0.15, -0.1) is 0 Å². The summed E-state index contributed by atoms with van der Waals surface area (Å²) in [4.78, 5) is 17.7. The van der Waals surface area contributed by atoms with Crippen LogP contribution in [-0.2, 0) is 10.2 Å². The maximum absolute atomic E-state index is 14.5. The summed E-state index contributed by atoms with van der Waals surface area (Å²) in [6.07, 6.45) is 2.03. The third kappa shape index (κ3) is 4.78. The predicted molar refractivity (Wildman–Crippen MR) is 134 cm³/mol. The molecule has 3 nitrogen and oxygen atoms in total. The molecule has 1 aliphatic heterocycles. The quantitative estimate of drug-likeness (QED) is 0.427. The molecule has 3 aromatic carbocycles. The minimum Gasteiger partial charge on any atom is -0.339 e. The standard InChI is InChI=1S/C28H32ClFN2O/c1-19-9-10-22(16-26(19)30)28(11-13-31(3)14-12-28)18-27(33)32(4)20(2)25-17-23(29)15-21-7-5-6-8-24(21)25/h5-10,15-17,20H,11-14,18H2,1-4H3. The van der Waals surface area contributed by atoms with E-state index in [4.69, 9.17) is 11.6 Å². The number of piperidine rings is 1. The summed E-state index contributed by atoms with van der Waals surface area (Å²) in [7, 11) is 3.96. The van der Waals surface area contributed by atoms with Gasteiger partial charge in [-0.3, -0.25) is 4.79 Å². The van der Waals surface area contributed by atoms with Gasteiger partial charge in [-0.1, -0.05) is 48.0 Å². The molecule has 1 amide bonds. The van der Waals surface area contributed by atoms with Crippen LogP contribution in [0.3, 0.4) is 0 Å². The summed E-state index contributed by atoms with van der Waals surface area (Å²) < 4.78 is 14.5. The first-order valence-corrected chi connectivity index (χ1v) is 12.0. The Bertz CT molecular complexity index is 1170. The highest BCUT2D eigenvalue weighted by Gasteiger charge is 2.39. The number of rotatable bonds is 5. The Hall–Kier alpha value is -2.43. The van der Waals surface area contributed by atoms with E-state index in [9.17, 15) is 9.18 Å². The van der Waals surface area contributed by atoms with Crippen LogP contribution in [0.5, 0.6) is 0 Å². The van der Waals surface area contributed by atoms with Crippen LogP contribution in [0, 0.1) is 12.7 Å². The van der Waals surface area contributed by atoms with Crippen molar-refractivity contribution in [2.45, 2.75) is 44.6 Å². The van der Waals surface area contributed by atoms with Crippen molar-refractivity contribution in [2.24, 2.45) is 0 Å². The lowest BCUT2D eigenvalue weighted by molar-refractivity contribution is -0.133. The van der Waals surface area contributed by atoms with E-state index in [-0.39, 0.29) is 23.2 Å². The van der Waals surface area contributed by atoms with E-state index in [0.29, 0.717) is 17.0 Å². The van der Waals surface area contributed by atoms with Crippen molar-refractivity contribution in [3.05, 3.63) is 82.1 Å². The van der Waals surface area contributed by atoms with Crippen molar-refractivity contribution in [1.29, 1.82) is 0 Å². The van der Waals surface area contributed by atoms with E-state index in [0.717, 1.165) is 47.8 Å². The summed E-state index contributed by atoms with van der Waals surface area (Å²) in [5, 5.41) is 2.83. The molecule has 33 heavy (non-hydrogen) atoms. The minimum atomic E-state index is -0.359. The summed E-state index contributed by atoms with van der Waals surface area (Å²) in [5.41, 5.74) is 2.24. The number of benzene rings is 3. The fraction of sp³-hybridized carbons (Fsp3) is 0.393. The van der Waals surface area contributed by atoms with Crippen LogP contribution in [0.25, 0.3) is 10.8 Å². The first-order chi connectivity index (χ1) is 15.7. The largest absolute Gasteiger partial charge is 0.339 e. The Balaban J connectivity index is 1.64. The SMILES string of the molecule is Cc1ccc(C2(CC(=O)N(C)C(C)c3cc(Cl)cc4ccccc34)CCN(C)CC2)cc1F. The fourth-order valence-corrected chi connectivity index (χ4v) is 5.26. The highest BCUT2D eigenvalue weighted by atomic mass is 35.5. The number of nitrogens with zero attached hydrogens (tertiary/aromatic N) is 2. The number of carbonyl (C=O) groups is 1. The normalized spacial score (nSPS) is 17.2. The topological polar surface area (TPSA) is 23.6 Å². The van der Waals surface area contributed by atoms with Gasteiger partial charge in [0.05, 0.1) is 6.04 Å². The molecule has 0 spiro atoms. The first-order valence-electron chi connectivity index (χ1n) is 11.6. The Morgan fingerprint density at radius 2 is 1.85 bits per heavy atom. The zero-order valence-corrected chi connectivity index (χ0v) is 20.6. The second-order valence-corrected chi connectivity index (χ2v) is 10.1. The van der Waals surface area contributed by atoms with Gasteiger partial charge in [0.1, 0.15) is 5.82 Å². The number of amides is 1. The van der Waals surface area contributed by atoms with E-state index in [1.807, 2.05) is 61.3 Å². The first kappa shape index (κ1) is 23.7.